The molecule has 0 heterocycles. The van der Waals surface area contributed by atoms with E-state index in [0.717, 1.165) is 5.56 Å². The molecular formula is C14H12BrClFNO. The Labute approximate surface area is 124 Å². The standard InChI is InChI=1S/C14H12BrClFNO/c15-12-4-3-11(17)8-14(12)19-13-7-10(16)2-1-9(13)5-6-18/h1-4,7-8H,5-6,18H2. The van der Waals surface area contributed by atoms with Crippen LogP contribution in [0.4, 0.5) is 4.39 Å². The summed E-state index contributed by atoms with van der Waals surface area (Å²) in [6.07, 6.45) is 0.666. The van der Waals surface area contributed by atoms with Crippen molar-refractivity contribution in [1.82, 2.24) is 0 Å². The van der Waals surface area contributed by atoms with Gasteiger partial charge in [0.2, 0.25) is 0 Å². The second-order valence-electron chi connectivity index (χ2n) is 3.97. The summed E-state index contributed by atoms with van der Waals surface area (Å²) in [6, 6.07) is 9.60. The minimum Gasteiger partial charge on any atom is -0.456 e. The largest absolute Gasteiger partial charge is 0.456 e. The molecule has 0 radical (unpaired) electrons. The first kappa shape index (κ1) is 14.3. The zero-order valence-electron chi connectivity index (χ0n) is 10.00. The Balaban J connectivity index is 2.36. The number of benzene rings is 2. The summed E-state index contributed by atoms with van der Waals surface area (Å²) in [5, 5.41) is 0.559. The van der Waals surface area contributed by atoms with Crippen molar-refractivity contribution in [1.29, 1.82) is 0 Å². The number of nitrogens with two attached hydrogens (primary N) is 1. The van der Waals surface area contributed by atoms with Gasteiger partial charge in [0, 0.05) is 11.1 Å². The summed E-state index contributed by atoms with van der Waals surface area (Å²) in [4.78, 5) is 0. The van der Waals surface area contributed by atoms with E-state index in [9.17, 15) is 4.39 Å². The first-order valence-corrected chi connectivity index (χ1v) is 6.88. The fraction of sp³-hybridized carbons (Fsp3) is 0.143. The number of hydrogen-bond acceptors (Lipinski definition) is 2. The smallest absolute Gasteiger partial charge is 0.144 e. The van der Waals surface area contributed by atoms with Crippen LogP contribution in [0.15, 0.2) is 40.9 Å². The van der Waals surface area contributed by atoms with Crippen LogP contribution in [0, 0.1) is 5.82 Å². The predicted molar refractivity (Wildman–Crippen MR) is 78.4 cm³/mol. The number of hydrogen-bond donors (Lipinski definition) is 1. The van der Waals surface area contributed by atoms with E-state index >= 15 is 0 Å². The maximum atomic E-state index is 13.2. The molecule has 2 aromatic carbocycles. The molecule has 2 nitrogen and oxygen atoms in total. The van der Waals surface area contributed by atoms with Crippen LogP contribution in [-0.2, 0) is 6.42 Å². The summed E-state index contributed by atoms with van der Waals surface area (Å²) < 4.78 is 19.6. The van der Waals surface area contributed by atoms with E-state index in [1.54, 1.807) is 18.2 Å². The van der Waals surface area contributed by atoms with E-state index in [0.29, 0.717) is 34.0 Å². The Kier molecular flexibility index (Phi) is 4.80. The van der Waals surface area contributed by atoms with Crippen molar-refractivity contribution < 1.29 is 9.13 Å². The molecule has 0 fully saturated rings. The van der Waals surface area contributed by atoms with Gasteiger partial charge in [-0.2, -0.15) is 0 Å². The van der Waals surface area contributed by atoms with Gasteiger partial charge in [-0.25, -0.2) is 4.39 Å². The highest BCUT2D eigenvalue weighted by atomic mass is 79.9. The van der Waals surface area contributed by atoms with Gasteiger partial charge in [0.1, 0.15) is 17.3 Å². The minimum atomic E-state index is -0.361. The fourth-order valence-corrected chi connectivity index (χ4v) is 2.15. The van der Waals surface area contributed by atoms with Crippen LogP contribution in [0.25, 0.3) is 0 Å². The predicted octanol–water partition coefficient (Wildman–Crippen LogP) is 4.54. The Morgan fingerprint density at radius 2 is 1.95 bits per heavy atom. The molecule has 0 aliphatic rings. The van der Waals surface area contributed by atoms with Gasteiger partial charge in [0.05, 0.1) is 4.47 Å². The molecule has 2 N–H and O–H groups in total. The van der Waals surface area contributed by atoms with Gasteiger partial charge in [-0.1, -0.05) is 17.7 Å². The van der Waals surface area contributed by atoms with Crippen LogP contribution in [-0.4, -0.2) is 6.54 Å². The molecule has 0 atom stereocenters. The third kappa shape index (κ3) is 3.69. The monoisotopic (exact) mass is 343 g/mol. The van der Waals surface area contributed by atoms with E-state index in [1.807, 2.05) is 6.07 Å². The van der Waals surface area contributed by atoms with Crippen molar-refractivity contribution in [3.05, 3.63) is 57.3 Å². The second kappa shape index (κ2) is 6.37. The van der Waals surface area contributed by atoms with Crippen molar-refractivity contribution in [2.75, 3.05) is 6.54 Å². The molecule has 0 aromatic heterocycles. The SMILES string of the molecule is NCCc1ccc(Cl)cc1Oc1cc(F)ccc1Br. The molecule has 2 rings (SSSR count). The van der Waals surface area contributed by atoms with E-state index in [2.05, 4.69) is 15.9 Å². The highest BCUT2D eigenvalue weighted by Crippen LogP contribution is 2.33. The van der Waals surface area contributed by atoms with Crippen molar-refractivity contribution >= 4 is 27.5 Å². The molecule has 0 unspecified atom stereocenters. The molecule has 0 amide bonds. The lowest BCUT2D eigenvalue weighted by atomic mass is 10.1. The van der Waals surface area contributed by atoms with Crippen LogP contribution in [0.3, 0.4) is 0 Å². The highest BCUT2D eigenvalue weighted by Gasteiger charge is 2.09. The first-order valence-electron chi connectivity index (χ1n) is 5.71. The lowest BCUT2D eigenvalue weighted by molar-refractivity contribution is 0.468. The lowest BCUT2D eigenvalue weighted by Crippen LogP contribution is -2.04. The number of halogens is 3. The van der Waals surface area contributed by atoms with Gasteiger partial charge in [-0.3, -0.25) is 0 Å². The summed E-state index contributed by atoms with van der Waals surface area (Å²) in [6.45, 7) is 0.502. The molecule has 5 heteroatoms. The molecule has 0 aliphatic heterocycles. The molecule has 0 spiro atoms. The maximum Gasteiger partial charge on any atom is 0.144 e. The van der Waals surface area contributed by atoms with Gasteiger partial charge in [-0.15, -0.1) is 0 Å². The molecule has 0 saturated heterocycles. The third-order valence-corrected chi connectivity index (χ3v) is 3.45. The van der Waals surface area contributed by atoms with Gasteiger partial charge < -0.3 is 10.5 Å². The molecule has 19 heavy (non-hydrogen) atoms. The summed E-state index contributed by atoms with van der Waals surface area (Å²) in [5.74, 6) is 0.630. The second-order valence-corrected chi connectivity index (χ2v) is 5.26. The zero-order valence-corrected chi connectivity index (χ0v) is 12.3. The Morgan fingerprint density at radius 1 is 1.16 bits per heavy atom. The average molecular weight is 345 g/mol. The minimum absolute atomic E-state index is 0.361. The van der Waals surface area contributed by atoms with E-state index in [1.165, 1.54) is 12.1 Å². The lowest BCUT2D eigenvalue weighted by Gasteiger charge is -2.12. The topological polar surface area (TPSA) is 35.2 Å². The van der Waals surface area contributed by atoms with Gasteiger partial charge in [-0.05, 0) is 58.7 Å². The zero-order chi connectivity index (χ0) is 13.8. The third-order valence-electron chi connectivity index (χ3n) is 2.56. The Morgan fingerprint density at radius 3 is 2.68 bits per heavy atom. The van der Waals surface area contributed by atoms with Crippen molar-refractivity contribution in [2.45, 2.75) is 6.42 Å². The maximum absolute atomic E-state index is 13.2. The Bertz CT molecular complexity index is 592. The van der Waals surface area contributed by atoms with E-state index < -0.39 is 0 Å². The molecule has 0 saturated carbocycles. The molecule has 0 aliphatic carbocycles. The van der Waals surface area contributed by atoms with Gasteiger partial charge >= 0.3 is 0 Å². The summed E-state index contributed by atoms with van der Waals surface area (Å²) in [7, 11) is 0. The summed E-state index contributed by atoms with van der Waals surface area (Å²) >= 11 is 9.28. The Hall–Kier alpha value is -1.10. The van der Waals surface area contributed by atoms with Crippen molar-refractivity contribution in [2.24, 2.45) is 5.73 Å². The van der Waals surface area contributed by atoms with Crippen LogP contribution < -0.4 is 10.5 Å². The molecule has 0 bridgehead atoms. The van der Waals surface area contributed by atoms with Crippen molar-refractivity contribution in [3.8, 4) is 11.5 Å². The normalized spacial score (nSPS) is 10.5. The molecular weight excluding hydrogens is 333 g/mol. The summed E-state index contributed by atoms with van der Waals surface area (Å²) in [5.41, 5.74) is 6.49. The highest BCUT2D eigenvalue weighted by molar-refractivity contribution is 9.10. The first-order chi connectivity index (χ1) is 9.10. The number of rotatable bonds is 4. The van der Waals surface area contributed by atoms with E-state index in [-0.39, 0.29) is 5.82 Å². The van der Waals surface area contributed by atoms with Gasteiger partial charge in [0.15, 0.2) is 0 Å². The number of ether oxygens (including phenoxy) is 1. The van der Waals surface area contributed by atoms with Crippen LogP contribution in [0.2, 0.25) is 5.02 Å². The molecule has 2 aromatic rings. The average Bonchev–Trinajstić information content (AvgIpc) is 2.37. The molecule has 100 valence electrons. The van der Waals surface area contributed by atoms with Crippen LogP contribution >= 0.6 is 27.5 Å². The van der Waals surface area contributed by atoms with Crippen molar-refractivity contribution in [3.63, 3.8) is 0 Å². The fourth-order valence-electron chi connectivity index (χ4n) is 1.66. The van der Waals surface area contributed by atoms with Crippen LogP contribution in [0.5, 0.6) is 11.5 Å². The van der Waals surface area contributed by atoms with Gasteiger partial charge in [0.25, 0.3) is 0 Å². The van der Waals surface area contributed by atoms with Crippen LogP contribution in [0.1, 0.15) is 5.56 Å². The quantitative estimate of drug-likeness (QED) is 0.884. The van der Waals surface area contributed by atoms with E-state index in [4.69, 9.17) is 22.1 Å².